The van der Waals surface area contributed by atoms with Crippen molar-refractivity contribution >= 4 is 11.8 Å². The van der Waals surface area contributed by atoms with Crippen LogP contribution in [0, 0.1) is 11.3 Å². The summed E-state index contributed by atoms with van der Waals surface area (Å²) in [6.07, 6.45) is 3.31. The summed E-state index contributed by atoms with van der Waals surface area (Å²) in [7, 11) is 0. The van der Waals surface area contributed by atoms with Gasteiger partial charge in [-0.3, -0.25) is 9.59 Å². The second kappa shape index (κ2) is 8.33. The smallest absolute Gasteiger partial charge is 0.253 e. The van der Waals surface area contributed by atoms with Crippen LogP contribution in [0.25, 0.3) is 0 Å². The van der Waals surface area contributed by atoms with Crippen LogP contribution in [0.4, 0.5) is 0 Å². The van der Waals surface area contributed by atoms with Crippen LogP contribution < -0.4 is 0 Å². The molecule has 1 aliphatic rings. The quantitative estimate of drug-likeness (QED) is 0.857. The zero-order valence-corrected chi connectivity index (χ0v) is 13.6. The van der Waals surface area contributed by atoms with Gasteiger partial charge < -0.3 is 9.80 Å². The molecule has 5 heteroatoms. The molecular formula is C18H23N3O2. The zero-order valence-electron chi connectivity index (χ0n) is 13.6. The summed E-state index contributed by atoms with van der Waals surface area (Å²) >= 11 is 0. The van der Waals surface area contributed by atoms with Crippen molar-refractivity contribution in [3.63, 3.8) is 0 Å². The standard InChI is InChI=1S/C18H23N3O2/c1-2-3-8-17(22)20-9-5-10-21(12-11-20)18(23)16-7-4-6-15(13-16)14-19/h4,6-7,13H,2-3,5,8-12H2,1H3. The van der Waals surface area contributed by atoms with E-state index < -0.39 is 0 Å². The number of nitrogens with zero attached hydrogens (tertiary/aromatic N) is 3. The summed E-state index contributed by atoms with van der Waals surface area (Å²) in [6, 6.07) is 8.83. The molecule has 1 heterocycles. The van der Waals surface area contributed by atoms with E-state index in [1.807, 2.05) is 4.90 Å². The fraction of sp³-hybridized carbons (Fsp3) is 0.500. The molecule has 5 nitrogen and oxygen atoms in total. The number of hydrogen-bond acceptors (Lipinski definition) is 3. The molecule has 0 spiro atoms. The highest BCUT2D eigenvalue weighted by atomic mass is 16.2. The first-order chi connectivity index (χ1) is 11.2. The predicted molar refractivity (Wildman–Crippen MR) is 87.8 cm³/mol. The molecule has 0 radical (unpaired) electrons. The van der Waals surface area contributed by atoms with Gasteiger partial charge in [-0.15, -0.1) is 0 Å². The Balaban J connectivity index is 1.98. The SMILES string of the molecule is CCCCC(=O)N1CCCN(C(=O)c2cccc(C#N)c2)CC1. The lowest BCUT2D eigenvalue weighted by molar-refractivity contribution is -0.131. The summed E-state index contributed by atoms with van der Waals surface area (Å²) in [5, 5.41) is 8.95. The van der Waals surface area contributed by atoms with E-state index in [9.17, 15) is 9.59 Å². The van der Waals surface area contributed by atoms with Crippen molar-refractivity contribution in [3.05, 3.63) is 35.4 Å². The third-order valence-electron chi connectivity index (χ3n) is 4.12. The third-order valence-corrected chi connectivity index (χ3v) is 4.12. The molecule has 0 aliphatic carbocycles. The van der Waals surface area contributed by atoms with Crippen molar-refractivity contribution < 1.29 is 9.59 Å². The van der Waals surface area contributed by atoms with Crippen LogP contribution >= 0.6 is 0 Å². The van der Waals surface area contributed by atoms with E-state index >= 15 is 0 Å². The Hall–Kier alpha value is -2.35. The number of hydrogen-bond donors (Lipinski definition) is 0. The van der Waals surface area contributed by atoms with Crippen LogP contribution in [0.3, 0.4) is 0 Å². The van der Waals surface area contributed by atoms with Gasteiger partial charge >= 0.3 is 0 Å². The molecule has 0 aromatic heterocycles. The van der Waals surface area contributed by atoms with Crippen LogP contribution in [-0.4, -0.2) is 47.8 Å². The lowest BCUT2D eigenvalue weighted by Crippen LogP contribution is -2.37. The molecule has 1 saturated heterocycles. The largest absolute Gasteiger partial charge is 0.341 e. The van der Waals surface area contributed by atoms with Gasteiger partial charge in [-0.05, 0) is 31.0 Å². The predicted octanol–water partition coefficient (Wildman–Crippen LogP) is 2.42. The van der Waals surface area contributed by atoms with E-state index in [1.165, 1.54) is 0 Å². The van der Waals surface area contributed by atoms with Crippen LogP contribution in [0.2, 0.25) is 0 Å². The highest BCUT2D eigenvalue weighted by Gasteiger charge is 2.22. The monoisotopic (exact) mass is 313 g/mol. The molecule has 1 aliphatic heterocycles. The summed E-state index contributed by atoms with van der Waals surface area (Å²) in [6.45, 7) is 4.57. The van der Waals surface area contributed by atoms with E-state index in [-0.39, 0.29) is 11.8 Å². The summed E-state index contributed by atoms with van der Waals surface area (Å²) < 4.78 is 0. The number of carbonyl (C=O) groups excluding carboxylic acids is 2. The van der Waals surface area contributed by atoms with Gasteiger partial charge in [0, 0.05) is 38.2 Å². The molecule has 2 rings (SSSR count). The minimum absolute atomic E-state index is 0.0649. The highest BCUT2D eigenvalue weighted by molar-refractivity contribution is 5.94. The Labute approximate surface area is 137 Å². The fourth-order valence-corrected chi connectivity index (χ4v) is 2.76. The topological polar surface area (TPSA) is 64.4 Å². The molecule has 1 aromatic carbocycles. The number of rotatable bonds is 4. The van der Waals surface area contributed by atoms with Crippen molar-refractivity contribution in [2.75, 3.05) is 26.2 Å². The van der Waals surface area contributed by atoms with Crippen molar-refractivity contribution in [3.8, 4) is 6.07 Å². The second-order valence-corrected chi connectivity index (χ2v) is 5.82. The average Bonchev–Trinajstić information content (AvgIpc) is 2.85. The molecule has 0 N–H and O–H groups in total. The van der Waals surface area contributed by atoms with Crippen molar-refractivity contribution in [2.45, 2.75) is 32.6 Å². The maximum absolute atomic E-state index is 12.6. The normalized spacial score (nSPS) is 15.0. The van der Waals surface area contributed by atoms with Gasteiger partial charge in [0.15, 0.2) is 0 Å². The van der Waals surface area contributed by atoms with Crippen molar-refractivity contribution in [1.82, 2.24) is 9.80 Å². The van der Waals surface area contributed by atoms with Gasteiger partial charge in [-0.2, -0.15) is 5.26 Å². The Morgan fingerprint density at radius 2 is 1.91 bits per heavy atom. The zero-order chi connectivity index (χ0) is 16.7. The van der Waals surface area contributed by atoms with E-state index in [4.69, 9.17) is 5.26 Å². The van der Waals surface area contributed by atoms with Crippen LogP contribution in [0.1, 0.15) is 48.5 Å². The Morgan fingerprint density at radius 1 is 1.17 bits per heavy atom. The van der Waals surface area contributed by atoms with Crippen LogP contribution in [-0.2, 0) is 4.79 Å². The molecule has 23 heavy (non-hydrogen) atoms. The summed E-state index contributed by atoms with van der Waals surface area (Å²) in [5.41, 5.74) is 1.02. The first-order valence-electron chi connectivity index (χ1n) is 8.23. The number of nitriles is 1. The number of benzene rings is 1. The van der Waals surface area contributed by atoms with Crippen LogP contribution in [0.15, 0.2) is 24.3 Å². The summed E-state index contributed by atoms with van der Waals surface area (Å²) in [5.74, 6) is 0.123. The minimum Gasteiger partial charge on any atom is -0.341 e. The van der Waals surface area contributed by atoms with E-state index in [0.29, 0.717) is 43.7 Å². The Morgan fingerprint density at radius 3 is 2.65 bits per heavy atom. The van der Waals surface area contributed by atoms with Gasteiger partial charge in [-0.1, -0.05) is 19.4 Å². The van der Waals surface area contributed by atoms with Crippen molar-refractivity contribution in [2.24, 2.45) is 0 Å². The third kappa shape index (κ3) is 4.56. The number of carbonyl (C=O) groups is 2. The molecule has 0 saturated carbocycles. The minimum atomic E-state index is -0.0649. The molecule has 122 valence electrons. The van der Waals surface area contributed by atoms with E-state index in [2.05, 4.69) is 13.0 Å². The molecule has 0 bridgehead atoms. The highest BCUT2D eigenvalue weighted by Crippen LogP contribution is 2.12. The lowest BCUT2D eigenvalue weighted by atomic mass is 10.1. The fourth-order valence-electron chi connectivity index (χ4n) is 2.76. The van der Waals surface area contributed by atoms with Crippen molar-refractivity contribution in [1.29, 1.82) is 5.26 Å². The summed E-state index contributed by atoms with van der Waals surface area (Å²) in [4.78, 5) is 28.4. The molecule has 2 amide bonds. The van der Waals surface area contributed by atoms with Gasteiger partial charge in [0.2, 0.25) is 5.91 Å². The van der Waals surface area contributed by atoms with Gasteiger partial charge in [-0.25, -0.2) is 0 Å². The number of amides is 2. The molecular weight excluding hydrogens is 290 g/mol. The maximum Gasteiger partial charge on any atom is 0.253 e. The number of unbranched alkanes of at least 4 members (excludes halogenated alkanes) is 1. The Bertz CT molecular complexity index is 607. The second-order valence-electron chi connectivity index (χ2n) is 5.82. The average molecular weight is 313 g/mol. The van der Waals surface area contributed by atoms with Gasteiger partial charge in [0.25, 0.3) is 5.91 Å². The first-order valence-corrected chi connectivity index (χ1v) is 8.23. The Kier molecular flexibility index (Phi) is 6.16. The molecule has 1 fully saturated rings. The first kappa shape index (κ1) is 17.0. The van der Waals surface area contributed by atoms with Gasteiger partial charge in [0.1, 0.15) is 0 Å². The molecule has 1 aromatic rings. The molecule has 0 atom stereocenters. The van der Waals surface area contributed by atoms with E-state index in [1.54, 1.807) is 29.2 Å². The lowest BCUT2D eigenvalue weighted by Gasteiger charge is -2.22. The molecule has 0 unspecified atom stereocenters. The van der Waals surface area contributed by atoms with Crippen LogP contribution in [0.5, 0.6) is 0 Å². The maximum atomic E-state index is 12.6. The van der Waals surface area contributed by atoms with Gasteiger partial charge in [0.05, 0.1) is 11.6 Å². The van der Waals surface area contributed by atoms with E-state index in [0.717, 1.165) is 19.3 Å².